The van der Waals surface area contributed by atoms with Crippen molar-refractivity contribution in [2.75, 3.05) is 29.9 Å². The van der Waals surface area contributed by atoms with E-state index in [1.54, 1.807) is 24.3 Å². The smallest absolute Gasteiger partial charge is 0.248 e. The summed E-state index contributed by atoms with van der Waals surface area (Å²) in [6.07, 6.45) is 3.10. The zero-order valence-electron chi connectivity index (χ0n) is 20.4. The molecule has 12 heteroatoms. The lowest BCUT2D eigenvalue weighted by molar-refractivity contribution is -0.125. The lowest BCUT2D eigenvalue weighted by Gasteiger charge is -2.35. The molecule has 0 unspecified atom stereocenters. The number of aryl methyl sites for hydroxylation is 1. The lowest BCUT2D eigenvalue weighted by atomic mass is 9.95. The number of aromatic nitrogens is 1. The summed E-state index contributed by atoms with van der Waals surface area (Å²) in [4.78, 5) is 26.7. The van der Waals surface area contributed by atoms with Gasteiger partial charge in [-0.15, -0.1) is 0 Å². The molecule has 0 saturated carbocycles. The number of amides is 2. The molecule has 38 heavy (non-hydrogen) atoms. The lowest BCUT2D eigenvalue weighted by Crippen LogP contribution is -2.48. The number of piperidine rings is 1. The number of halogens is 2. The molecule has 0 aliphatic carbocycles. The number of rotatable bonds is 5. The van der Waals surface area contributed by atoms with Gasteiger partial charge in [0.2, 0.25) is 21.8 Å². The number of carbonyl (C=O) groups is 2. The zero-order chi connectivity index (χ0) is 27.0. The summed E-state index contributed by atoms with van der Waals surface area (Å²) < 4.78 is 60.7. The number of hydrogen-bond donors (Lipinski definition) is 1. The largest absolute Gasteiger partial charge is 0.355 e. The van der Waals surface area contributed by atoms with E-state index in [0.29, 0.717) is 11.4 Å². The highest BCUT2D eigenvalue weighted by molar-refractivity contribution is 7.89. The van der Waals surface area contributed by atoms with Gasteiger partial charge in [0.05, 0.1) is 11.4 Å². The van der Waals surface area contributed by atoms with Crippen molar-refractivity contribution in [3.05, 3.63) is 71.1 Å². The molecule has 9 nitrogen and oxygen atoms in total. The summed E-state index contributed by atoms with van der Waals surface area (Å²) in [5.41, 5.74) is 1.36. The molecule has 1 fully saturated rings. The van der Waals surface area contributed by atoms with Crippen LogP contribution in [0.1, 0.15) is 29.9 Å². The van der Waals surface area contributed by atoms with Gasteiger partial charge in [0.25, 0.3) is 0 Å². The van der Waals surface area contributed by atoms with Gasteiger partial charge in [-0.1, -0.05) is 17.3 Å². The minimum absolute atomic E-state index is 0.0519. The van der Waals surface area contributed by atoms with Crippen molar-refractivity contribution < 1.29 is 31.3 Å². The van der Waals surface area contributed by atoms with Crippen LogP contribution in [-0.4, -0.2) is 49.3 Å². The maximum Gasteiger partial charge on any atom is 0.248 e. The molecule has 0 radical (unpaired) electrons. The van der Waals surface area contributed by atoms with Crippen LogP contribution in [0.2, 0.25) is 0 Å². The van der Waals surface area contributed by atoms with E-state index in [1.165, 1.54) is 34.3 Å². The third kappa shape index (κ3) is 4.84. The van der Waals surface area contributed by atoms with Crippen molar-refractivity contribution in [3.63, 3.8) is 0 Å². The van der Waals surface area contributed by atoms with Gasteiger partial charge in [-0.25, -0.2) is 17.2 Å². The summed E-state index contributed by atoms with van der Waals surface area (Å²) in [6.45, 7) is 1.56. The molecule has 1 N–H and O–H groups in total. The van der Waals surface area contributed by atoms with Crippen LogP contribution in [0.5, 0.6) is 0 Å². The van der Waals surface area contributed by atoms with E-state index in [1.807, 2.05) is 0 Å². The molecule has 3 heterocycles. The number of anilines is 2. The molecule has 1 aromatic heterocycles. The van der Waals surface area contributed by atoms with Crippen molar-refractivity contribution in [3.8, 4) is 0 Å². The van der Waals surface area contributed by atoms with Gasteiger partial charge >= 0.3 is 0 Å². The monoisotopic (exact) mass is 542 g/mol. The van der Waals surface area contributed by atoms with E-state index in [-0.39, 0.29) is 66.2 Å². The SMILES string of the molecule is Cc1noc(/C=C/c2ccc(F)cc2F)c1S(=O)(=O)N1CCC(C(=O)N2CC(=O)Nc3ccccc32)CC1. The first-order chi connectivity index (χ1) is 18.1. The summed E-state index contributed by atoms with van der Waals surface area (Å²) in [5.74, 6) is -2.59. The Morgan fingerprint density at radius 3 is 2.61 bits per heavy atom. The van der Waals surface area contributed by atoms with Gasteiger partial charge in [0.1, 0.15) is 23.9 Å². The molecule has 1 saturated heterocycles. The average Bonchev–Trinajstić information content (AvgIpc) is 3.28. The number of nitrogens with one attached hydrogen (secondary N) is 1. The zero-order valence-corrected chi connectivity index (χ0v) is 21.2. The van der Waals surface area contributed by atoms with Crippen molar-refractivity contribution >= 4 is 45.4 Å². The number of para-hydroxylation sites is 2. The number of carbonyl (C=O) groups excluding carboxylic acids is 2. The minimum Gasteiger partial charge on any atom is -0.355 e. The van der Waals surface area contributed by atoms with Gasteiger partial charge in [-0.05, 0) is 56.2 Å². The van der Waals surface area contributed by atoms with Gasteiger partial charge in [0.15, 0.2) is 10.7 Å². The number of nitrogens with zero attached hydrogens (tertiary/aromatic N) is 3. The van der Waals surface area contributed by atoms with Crippen LogP contribution >= 0.6 is 0 Å². The molecular weight excluding hydrogens is 518 g/mol. The standard InChI is InChI=1S/C26H24F2N4O5S/c1-16-25(23(37-30-16)9-7-17-6-8-19(27)14-20(17)28)38(35,36)31-12-10-18(11-13-31)26(34)32-15-24(33)29-21-4-2-3-5-22(21)32/h2-9,14,18H,10-13,15H2,1H3,(H,29,33)/b9-7+. The molecule has 2 aliphatic heterocycles. The highest BCUT2D eigenvalue weighted by Gasteiger charge is 2.38. The van der Waals surface area contributed by atoms with E-state index in [4.69, 9.17) is 4.52 Å². The highest BCUT2D eigenvalue weighted by atomic mass is 32.2. The number of sulfonamides is 1. The highest BCUT2D eigenvalue weighted by Crippen LogP contribution is 2.33. The van der Waals surface area contributed by atoms with Gasteiger partial charge < -0.3 is 14.7 Å². The van der Waals surface area contributed by atoms with Gasteiger partial charge in [0, 0.05) is 30.6 Å². The maximum atomic E-state index is 14.0. The second kappa shape index (κ2) is 10.1. The second-order valence-electron chi connectivity index (χ2n) is 9.13. The summed E-state index contributed by atoms with van der Waals surface area (Å²) in [5, 5.41) is 6.52. The van der Waals surface area contributed by atoms with E-state index >= 15 is 0 Å². The van der Waals surface area contributed by atoms with Crippen LogP contribution in [0.15, 0.2) is 51.9 Å². The van der Waals surface area contributed by atoms with Gasteiger partial charge in [-0.2, -0.15) is 4.31 Å². The minimum atomic E-state index is -4.05. The van der Waals surface area contributed by atoms with E-state index in [9.17, 15) is 26.8 Å². The third-order valence-corrected chi connectivity index (χ3v) is 8.71. The molecule has 5 rings (SSSR count). The van der Waals surface area contributed by atoms with E-state index in [2.05, 4.69) is 10.5 Å². The Kier molecular flexibility index (Phi) is 6.84. The second-order valence-corrected chi connectivity index (χ2v) is 11.0. The maximum absolute atomic E-state index is 14.0. The molecule has 0 spiro atoms. The molecule has 0 atom stereocenters. The van der Waals surface area contributed by atoms with Gasteiger partial charge in [-0.3, -0.25) is 9.59 Å². The molecule has 3 aromatic rings. The predicted molar refractivity (Wildman–Crippen MR) is 135 cm³/mol. The van der Waals surface area contributed by atoms with E-state index < -0.39 is 27.6 Å². The predicted octanol–water partition coefficient (Wildman–Crippen LogP) is 3.82. The topological polar surface area (TPSA) is 113 Å². The van der Waals surface area contributed by atoms with Crippen LogP contribution in [0.4, 0.5) is 20.2 Å². The molecule has 198 valence electrons. The Morgan fingerprint density at radius 2 is 1.87 bits per heavy atom. The van der Waals surface area contributed by atoms with Crippen LogP contribution in [0.3, 0.4) is 0 Å². The van der Waals surface area contributed by atoms with Crippen molar-refractivity contribution in [1.29, 1.82) is 0 Å². The quantitative estimate of drug-likeness (QED) is 0.525. The Labute approximate surface area is 217 Å². The molecular formula is C26H24F2N4O5S. The first kappa shape index (κ1) is 25.7. The summed E-state index contributed by atoms with van der Waals surface area (Å²) in [7, 11) is -4.05. The van der Waals surface area contributed by atoms with Crippen molar-refractivity contribution in [2.24, 2.45) is 5.92 Å². The molecule has 0 bridgehead atoms. The van der Waals surface area contributed by atoms with Crippen LogP contribution < -0.4 is 10.2 Å². The summed E-state index contributed by atoms with van der Waals surface area (Å²) in [6, 6.07) is 10.1. The Hall–Kier alpha value is -3.90. The Morgan fingerprint density at radius 1 is 1.13 bits per heavy atom. The van der Waals surface area contributed by atoms with Crippen LogP contribution in [0, 0.1) is 24.5 Å². The number of benzene rings is 2. The molecule has 2 aliphatic rings. The molecule has 2 amide bonds. The summed E-state index contributed by atoms with van der Waals surface area (Å²) >= 11 is 0. The fourth-order valence-corrected chi connectivity index (χ4v) is 6.44. The first-order valence-corrected chi connectivity index (χ1v) is 13.4. The third-order valence-electron chi connectivity index (χ3n) is 6.65. The normalized spacial score (nSPS) is 17.0. The number of hydrogen-bond acceptors (Lipinski definition) is 6. The van der Waals surface area contributed by atoms with Crippen molar-refractivity contribution in [1.82, 2.24) is 9.46 Å². The first-order valence-electron chi connectivity index (χ1n) is 11.9. The Balaban J connectivity index is 1.32. The fourth-order valence-electron chi connectivity index (χ4n) is 4.72. The average molecular weight is 543 g/mol. The molecule has 2 aromatic carbocycles. The van der Waals surface area contributed by atoms with Crippen LogP contribution in [0.25, 0.3) is 12.2 Å². The van der Waals surface area contributed by atoms with Crippen LogP contribution in [-0.2, 0) is 19.6 Å². The Bertz CT molecular complexity index is 1540. The number of fused-ring (bicyclic) bond motifs is 1. The van der Waals surface area contributed by atoms with E-state index in [0.717, 1.165) is 12.1 Å². The van der Waals surface area contributed by atoms with Crippen molar-refractivity contribution in [2.45, 2.75) is 24.7 Å². The fraction of sp³-hybridized carbons (Fsp3) is 0.269.